The van der Waals surface area contributed by atoms with Gasteiger partial charge in [-0.25, -0.2) is 0 Å². The Morgan fingerprint density at radius 1 is 1.12 bits per heavy atom. The van der Waals surface area contributed by atoms with Crippen molar-refractivity contribution in [2.24, 2.45) is 5.92 Å². The first-order valence-corrected chi connectivity index (χ1v) is 12.9. The zero-order chi connectivity index (χ0) is 23.5. The van der Waals surface area contributed by atoms with E-state index in [0.717, 1.165) is 48.7 Å². The first-order chi connectivity index (χ1) is 16.4. The lowest BCUT2D eigenvalue weighted by Crippen LogP contribution is -2.71. The minimum Gasteiger partial charge on any atom is -0.506 e. The molecule has 2 aliphatic heterocycles. The van der Waals surface area contributed by atoms with E-state index in [0.29, 0.717) is 31.0 Å². The number of carbonyl (C=O) groups is 1. The van der Waals surface area contributed by atoms with E-state index in [9.17, 15) is 15.0 Å². The van der Waals surface area contributed by atoms with Gasteiger partial charge in [-0.2, -0.15) is 0 Å². The van der Waals surface area contributed by atoms with E-state index >= 15 is 0 Å². The molecule has 2 aliphatic carbocycles. The molecule has 1 aromatic carbocycles. The number of halogens is 1. The molecule has 2 aromatic rings. The van der Waals surface area contributed by atoms with Crippen molar-refractivity contribution >= 4 is 17.5 Å². The third-order valence-electron chi connectivity index (χ3n) is 8.92. The summed E-state index contributed by atoms with van der Waals surface area (Å²) in [5.74, 6) is 0.857. The first-order valence-electron chi connectivity index (χ1n) is 12.6. The number of likely N-dealkylation sites (tertiary alicyclic amines) is 2. The number of hydrogen-bond donors (Lipinski definition) is 2. The summed E-state index contributed by atoms with van der Waals surface area (Å²) < 4.78 is 0. The van der Waals surface area contributed by atoms with Crippen molar-refractivity contribution in [3.63, 3.8) is 0 Å². The second-order valence-electron chi connectivity index (χ2n) is 10.7. The average molecular weight is 482 g/mol. The van der Waals surface area contributed by atoms with Crippen LogP contribution < -0.4 is 0 Å². The van der Waals surface area contributed by atoms with Crippen LogP contribution in [0.2, 0.25) is 5.02 Å². The molecule has 6 nitrogen and oxygen atoms in total. The smallest absolute Gasteiger partial charge is 0.228 e. The van der Waals surface area contributed by atoms with Crippen LogP contribution in [-0.2, 0) is 23.1 Å². The molecule has 4 aliphatic rings. The van der Waals surface area contributed by atoms with E-state index < -0.39 is 11.0 Å². The summed E-state index contributed by atoms with van der Waals surface area (Å²) in [6, 6.07) is 9.30. The molecule has 1 aromatic heterocycles. The number of carbonyl (C=O) groups excluding carboxylic acids is 1. The fraction of sp³-hybridized carbons (Fsp3) is 0.556. The van der Waals surface area contributed by atoms with Crippen molar-refractivity contribution in [3.05, 3.63) is 58.4 Å². The fourth-order valence-electron chi connectivity index (χ4n) is 6.95. The van der Waals surface area contributed by atoms with Gasteiger partial charge < -0.3 is 15.1 Å². The molecular formula is C27H32ClN3O3. The molecule has 3 heterocycles. The van der Waals surface area contributed by atoms with Gasteiger partial charge in [0.1, 0.15) is 5.75 Å². The van der Waals surface area contributed by atoms with E-state index in [2.05, 4.69) is 9.88 Å². The number of nitrogens with zero attached hydrogens (tertiary/aromatic N) is 3. The fourth-order valence-corrected chi connectivity index (χ4v) is 7.32. The van der Waals surface area contributed by atoms with Crippen LogP contribution in [0.15, 0.2) is 36.5 Å². The van der Waals surface area contributed by atoms with Gasteiger partial charge in [0, 0.05) is 43.0 Å². The predicted octanol–water partition coefficient (Wildman–Crippen LogP) is 3.32. The Labute approximate surface area is 205 Å². The molecule has 1 saturated carbocycles. The molecule has 0 spiro atoms. The van der Waals surface area contributed by atoms with Gasteiger partial charge >= 0.3 is 0 Å². The van der Waals surface area contributed by atoms with E-state index in [1.165, 1.54) is 12.8 Å². The third kappa shape index (κ3) is 3.45. The van der Waals surface area contributed by atoms with Crippen LogP contribution in [0.3, 0.4) is 0 Å². The topological polar surface area (TPSA) is 76.9 Å². The molecule has 3 atom stereocenters. The van der Waals surface area contributed by atoms with Gasteiger partial charge in [0.15, 0.2) is 0 Å². The highest BCUT2D eigenvalue weighted by molar-refractivity contribution is 6.33. The molecule has 2 N–H and O–H groups in total. The van der Waals surface area contributed by atoms with E-state index in [1.807, 2.05) is 29.2 Å². The SMILES string of the molecule is O=C(Cc1ccccn1)N1CC[C@]23CCN(CC4CC4)[C@H](Cc4ccc(O)c(Cl)c42)[C@]3(O)CC1. The summed E-state index contributed by atoms with van der Waals surface area (Å²) in [4.78, 5) is 22.0. The number of fused-ring (bicyclic) bond motifs is 1. The zero-order valence-corrected chi connectivity index (χ0v) is 20.2. The molecule has 0 radical (unpaired) electrons. The minimum absolute atomic E-state index is 0.000742. The summed E-state index contributed by atoms with van der Waals surface area (Å²) in [5.41, 5.74) is 1.24. The maximum absolute atomic E-state index is 13.2. The van der Waals surface area contributed by atoms with Gasteiger partial charge in [0.2, 0.25) is 5.91 Å². The van der Waals surface area contributed by atoms with Crippen LogP contribution in [0.1, 0.15) is 48.9 Å². The molecule has 180 valence electrons. The Hall–Kier alpha value is -2.15. The zero-order valence-electron chi connectivity index (χ0n) is 19.4. The second-order valence-corrected chi connectivity index (χ2v) is 11.1. The van der Waals surface area contributed by atoms with Crippen molar-refractivity contribution in [1.82, 2.24) is 14.8 Å². The quantitative estimate of drug-likeness (QED) is 0.700. The maximum atomic E-state index is 13.2. The van der Waals surface area contributed by atoms with Gasteiger partial charge in [-0.05, 0) is 80.3 Å². The number of amides is 1. The van der Waals surface area contributed by atoms with Gasteiger partial charge in [-0.3, -0.25) is 14.7 Å². The molecule has 0 unspecified atom stereocenters. The molecule has 34 heavy (non-hydrogen) atoms. The second kappa shape index (κ2) is 8.21. The van der Waals surface area contributed by atoms with E-state index in [1.54, 1.807) is 12.3 Å². The summed E-state index contributed by atoms with van der Waals surface area (Å²) in [6.45, 7) is 3.03. The predicted molar refractivity (Wildman–Crippen MR) is 130 cm³/mol. The Kier molecular flexibility index (Phi) is 5.39. The van der Waals surface area contributed by atoms with Gasteiger partial charge in [0.05, 0.1) is 17.0 Å². The molecule has 2 bridgehead atoms. The summed E-state index contributed by atoms with van der Waals surface area (Å²) in [7, 11) is 0. The normalized spacial score (nSPS) is 30.9. The van der Waals surface area contributed by atoms with Gasteiger partial charge in [-0.15, -0.1) is 0 Å². The van der Waals surface area contributed by atoms with E-state index in [-0.39, 0.29) is 24.1 Å². The Balaban J connectivity index is 1.37. The summed E-state index contributed by atoms with van der Waals surface area (Å²) >= 11 is 6.76. The standard InChI is InChI=1S/C27H32ClN3O3/c28-25-21(32)7-6-19-15-22-27(34)10-14-30(23(33)16-20-3-1-2-11-29-20)12-8-26(27,24(19)25)9-13-31(22)17-18-4-5-18/h1-3,6-7,11,18,22,32,34H,4-5,8-10,12-17H2/t22-,26+,27-/m1/s1. The maximum Gasteiger partial charge on any atom is 0.228 e. The van der Waals surface area contributed by atoms with E-state index in [4.69, 9.17) is 11.6 Å². The van der Waals surface area contributed by atoms with Crippen molar-refractivity contribution in [2.45, 2.75) is 62.0 Å². The van der Waals surface area contributed by atoms with Crippen molar-refractivity contribution < 1.29 is 15.0 Å². The number of benzene rings is 1. The molecule has 7 heteroatoms. The number of piperidine rings is 1. The Morgan fingerprint density at radius 3 is 2.68 bits per heavy atom. The number of hydrogen-bond acceptors (Lipinski definition) is 5. The van der Waals surface area contributed by atoms with Crippen molar-refractivity contribution in [3.8, 4) is 5.75 Å². The lowest BCUT2D eigenvalue weighted by Gasteiger charge is -2.61. The first kappa shape index (κ1) is 22.3. The highest BCUT2D eigenvalue weighted by Crippen LogP contribution is 2.58. The molecular weight excluding hydrogens is 450 g/mol. The number of rotatable bonds is 4. The van der Waals surface area contributed by atoms with Crippen LogP contribution in [0, 0.1) is 5.92 Å². The van der Waals surface area contributed by atoms with Crippen LogP contribution in [0.4, 0.5) is 0 Å². The van der Waals surface area contributed by atoms with Crippen LogP contribution >= 0.6 is 11.6 Å². The largest absolute Gasteiger partial charge is 0.506 e. The van der Waals surface area contributed by atoms with Gasteiger partial charge in [0.25, 0.3) is 0 Å². The molecule has 6 rings (SSSR count). The van der Waals surface area contributed by atoms with Crippen LogP contribution in [0.5, 0.6) is 5.75 Å². The summed E-state index contributed by atoms with van der Waals surface area (Å²) in [6.07, 6.45) is 7.19. The lowest BCUT2D eigenvalue weighted by molar-refractivity contribution is -0.149. The highest BCUT2D eigenvalue weighted by Gasteiger charge is 2.64. The average Bonchev–Trinajstić information content (AvgIpc) is 3.65. The Bertz CT molecular complexity index is 1110. The Morgan fingerprint density at radius 2 is 1.91 bits per heavy atom. The van der Waals surface area contributed by atoms with Gasteiger partial charge in [-0.1, -0.05) is 23.7 Å². The van der Waals surface area contributed by atoms with Crippen molar-refractivity contribution in [1.29, 1.82) is 0 Å². The number of aromatic hydroxyl groups is 1. The van der Waals surface area contributed by atoms with Crippen LogP contribution in [0.25, 0.3) is 0 Å². The number of pyridine rings is 1. The lowest BCUT2D eigenvalue weighted by atomic mass is 9.52. The van der Waals surface area contributed by atoms with Crippen molar-refractivity contribution in [2.75, 3.05) is 26.2 Å². The number of aromatic nitrogens is 1. The number of phenolic OH excluding ortho intramolecular Hbond substituents is 1. The summed E-state index contributed by atoms with van der Waals surface area (Å²) in [5, 5.41) is 23.4. The molecule has 1 amide bonds. The monoisotopic (exact) mass is 481 g/mol. The molecule has 3 fully saturated rings. The third-order valence-corrected chi connectivity index (χ3v) is 9.30. The number of phenols is 1. The van der Waals surface area contributed by atoms with Crippen LogP contribution in [-0.4, -0.2) is 68.7 Å². The minimum atomic E-state index is -0.995. The number of aliphatic hydroxyl groups is 1. The highest BCUT2D eigenvalue weighted by atomic mass is 35.5. The molecule has 2 saturated heterocycles.